The average Bonchev–Trinajstić information content (AvgIpc) is 2.69. The lowest BCUT2D eigenvalue weighted by molar-refractivity contribution is 0.0697. The smallest absolute Gasteiger partial charge is 0.336 e. The van der Waals surface area contributed by atoms with Gasteiger partial charge in [0.15, 0.2) is 0 Å². The monoisotopic (exact) mass is 350 g/mol. The third kappa shape index (κ3) is 4.55. The lowest BCUT2D eigenvalue weighted by Gasteiger charge is -2.29. The van der Waals surface area contributed by atoms with Crippen LogP contribution in [0.1, 0.15) is 80.1 Å². The van der Waals surface area contributed by atoms with Crippen LogP contribution in [-0.4, -0.2) is 11.1 Å². The molecule has 0 atom stereocenters. The summed E-state index contributed by atoms with van der Waals surface area (Å²) in [7, 11) is 0. The van der Waals surface area contributed by atoms with Crippen molar-refractivity contribution >= 4 is 5.97 Å². The van der Waals surface area contributed by atoms with Crippen molar-refractivity contribution in [1.82, 2.24) is 0 Å². The molecule has 3 rings (SSSR count). The predicted octanol–water partition coefficient (Wildman–Crippen LogP) is 6.91. The minimum Gasteiger partial charge on any atom is -0.478 e. The van der Waals surface area contributed by atoms with Gasteiger partial charge in [-0.2, -0.15) is 0 Å². The van der Waals surface area contributed by atoms with Crippen LogP contribution in [0, 0.1) is 5.92 Å². The number of hydrogen-bond donors (Lipinski definition) is 1. The normalized spacial score (nSPS) is 20.0. The number of unbranched alkanes of at least 4 members (excludes halogenated alkanes) is 2. The lowest BCUT2D eigenvalue weighted by Crippen LogP contribution is -2.14. The van der Waals surface area contributed by atoms with E-state index in [0.717, 1.165) is 17.0 Å². The molecule has 0 unspecified atom stereocenters. The number of hydrogen-bond acceptors (Lipinski definition) is 1. The highest BCUT2D eigenvalue weighted by atomic mass is 16.4. The number of aromatic carboxylic acids is 1. The van der Waals surface area contributed by atoms with Crippen LogP contribution in [0.4, 0.5) is 0 Å². The Labute approximate surface area is 157 Å². The van der Waals surface area contributed by atoms with Gasteiger partial charge in [0.1, 0.15) is 0 Å². The summed E-state index contributed by atoms with van der Waals surface area (Å²) >= 11 is 0. The van der Waals surface area contributed by atoms with Gasteiger partial charge >= 0.3 is 5.97 Å². The molecule has 2 nitrogen and oxygen atoms in total. The molecule has 26 heavy (non-hydrogen) atoms. The Hall–Kier alpha value is -2.09. The Kier molecular flexibility index (Phi) is 6.49. The summed E-state index contributed by atoms with van der Waals surface area (Å²) in [5.41, 5.74) is 3.42. The van der Waals surface area contributed by atoms with Gasteiger partial charge < -0.3 is 5.11 Å². The molecule has 0 spiro atoms. The zero-order valence-electron chi connectivity index (χ0n) is 15.8. The fraction of sp³-hybridized carbons (Fsp3) is 0.458. The van der Waals surface area contributed by atoms with Gasteiger partial charge in [-0.3, -0.25) is 0 Å². The quantitative estimate of drug-likeness (QED) is 0.551. The molecule has 1 saturated carbocycles. The highest BCUT2D eigenvalue weighted by Crippen LogP contribution is 2.39. The number of carboxylic acid groups (broad SMARTS) is 1. The molecular formula is C24H30O2. The number of carboxylic acids is 1. The Balaban J connectivity index is 1.72. The van der Waals surface area contributed by atoms with Gasteiger partial charge in [-0.05, 0) is 60.3 Å². The largest absolute Gasteiger partial charge is 0.478 e. The third-order valence-corrected chi connectivity index (χ3v) is 5.89. The lowest BCUT2D eigenvalue weighted by atomic mass is 9.76. The first-order valence-electron chi connectivity index (χ1n) is 10.1. The molecule has 0 radical (unpaired) electrons. The molecule has 0 heterocycles. The summed E-state index contributed by atoms with van der Waals surface area (Å²) in [6.07, 6.45) is 10.3. The van der Waals surface area contributed by atoms with E-state index in [9.17, 15) is 9.90 Å². The number of carbonyl (C=O) groups is 1. The second-order valence-corrected chi connectivity index (χ2v) is 7.69. The number of benzene rings is 2. The van der Waals surface area contributed by atoms with Gasteiger partial charge in [0, 0.05) is 0 Å². The second-order valence-electron chi connectivity index (χ2n) is 7.69. The molecule has 2 aromatic rings. The van der Waals surface area contributed by atoms with Gasteiger partial charge in [0.25, 0.3) is 0 Å². The Morgan fingerprint density at radius 1 is 1.00 bits per heavy atom. The van der Waals surface area contributed by atoms with E-state index in [1.54, 1.807) is 0 Å². The van der Waals surface area contributed by atoms with Gasteiger partial charge in [-0.1, -0.05) is 75.1 Å². The fourth-order valence-electron chi connectivity index (χ4n) is 4.33. The molecule has 0 bridgehead atoms. The van der Waals surface area contributed by atoms with Crippen molar-refractivity contribution < 1.29 is 9.90 Å². The number of rotatable bonds is 7. The van der Waals surface area contributed by atoms with Crippen molar-refractivity contribution in [2.45, 2.75) is 64.2 Å². The van der Waals surface area contributed by atoms with Crippen molar-refractivity contribution in [1.29, 1.82) is 0 Å². The van der Waals surface area contributed by atoms with E-state index < -0.39 is 5.97 Å². The maximum absolute atomic E-state index is 11.8. The van der Waals surface area contributed by atoms with E-state index in [4.69, 9.17) is 0 Å². The van der Waals surface area contributed by atoms with Crippen LogP contribution in [-0.2, 0) is 0 Å². The van der Waals surface area contributed by atoms with E-state index in [2.05, 4.69) is 13.0 Å². The van der Waals surface area contributed by atoms with Gasteiger partial charge in [-0.15, -0.1) is 0 Å². The van der Waals surface area contributed by atoms with E-state index in [1.165, 1.54) is 56.9 Å². The van der Waals surface area contributed by atoms with E-state index in [-0.39, 0.29) is 0 Å². The van der Waals surface area contributed by atoms with Crippen molar-refractivity contribution in [3.8, 4) is 11.1 Å². The molecular weight excluding hydrogens is 320 g/mol. The van der Waals surface area contributed by atoms with Gasteiger partial charge in [0.2, 0.25) is 0 Å². The minimum atomic E-state index is -0.834. The SMILES string of the molecule is CCCCC[C@H]1CC[C@H](c2ccc(-c3ccccc3)c(C(=O)O)c2)CC1. The van der Waals surface area contributed by atoms with Crippen LogP contribution in [0.15, 0.2) is 48.5 Å². The van der Waals surface area contributed by atoms with Crippen LogP contribution >= 0.6 is 0 Å². The molecule has 1 N–H and O–H groups in total. The Morgan fingerprint density at radius 2 is 1.73 bits per heavy atom. The van der Waals surface area contributed by atoms with Crippen molar-refractivity contribution in [3.05, 3.63) is 59.7 Å². The van der Waals surface area contributed by atoms with Crippen LogP contribution in [0.3, 0.4) is 0 Å². The molecule has 138 valence electrons. The van der Waals surface area contributed by atoms with Crippen molar-refractivity contribution in [2.75, 3.05) is 0 Å². The standard InChI is InChI=1S/C24H30O2/c1-2-3-5-8-18-11-13-19(14-12-18)21-15-16-22(23(17-21)24(25)26)20-9-6-4-7-10-20/h4,6-7,9-10,15-19H,2-3,5,8,11-14H2,1H3,(H,25,26)/t18-,19-. The fourth-order valence-corrected chi connectivity index (χ4v) is 4.33. The van der Waals surface area contributed by atoms with Gasteiger partial charge in [0.05, 0.1) is 5.56 Å². The van der Waals surface area contributed by atoms with Crippen molar-refractivity contribution in [3.63, 3.8) is 0 Å². The molecule has 0 amide bonds. The third-order valence-electron chi connectivity index (χ3n) is 5.89. The second kappa shape index (κ2) is 9.02. The zero-order valence-corrected chi connectivity index (χ0v) is 15.8. The Bertz CT molecular complexity index is 712. The highest BCUT2D eigenvalue weighted by molar-refractivity contribution is 5.96. The summed E-state index contributed by atoms with van der Waals surface area (Å²) in [6.45, 7) is 2.26. The molecule has 1 aliphatic rings. The van der Waals surface area contributed by atoms with E-state index in [0.29, 0.717) is 11.5 Å². The molecule has 2 aromatic carbocycles. The minimum absolute atomic E-state index is 0.429. The Morgan fingerprint density at radius 3 is 2.38 bits per heavy atom. The van der Waals surface area contributed by atoms with Crippen LogP contribution in [0.25, 0.3) is 11.1 Å². The summed E-state index contributed by atoms with van der Waals surface area (Å²) in [4.78, 5) is 11.8. The molecule has 0 saturated heterocycles. The maximum Gasteiger partial charge on any atom is 0.336 e. The summed E-state index contributed by atoms with van der Waals surface area (Å²) in [6, 6.07) is 15.9. The first-order valence-corrected chi connectivity index (χ1v) is 10.1. The average molecular weight is 351 g/mol. The molecule has 2 heteroatoms. The van der Waals surface area contributed by atoms with Crippen LogP contribution in [0.5, 0.6) is 0 Å². The van der Waals surface area contributed by atoms with E-state index >= 15 is 0 Å². The molecule has 0 aliphatic heterocycles. The molecule has 1 aliphatic carbocycles. The van der Waals surface area contributed by atoms with Crippen LogP contribution < -0.4 is 0 Å². The molecule has 1 fully saturated rings. The first kappa shape index (κ1) is 18.7. The molecule has 0 aromatic heterocycles. The maximum atomic E-state index is 11.8. The topological polar surface area (TPSA) is 37.3 Å². The van der Waals surface area contributed by atoms with E-state index in [1.807, 2.05) is 42.5 Å². The summed E-state index contributed by atoms with van der Waals surface area (Å²) in [5, 5.41) is 9.71. The van der Waals surface area contributed by atoms with Crippen LogP contribution in [0.2, 0.25) is 0 Å². The van der Waals surface area contributed by atoms with Crippen molar-refractivity contribution in [2.24, 2.45) is 5.92 Å². The summed E-state index contributed by atoms with van der Waals surface area (Å²) in [5.74, 6) is 0.555. The van der Waals surface area contributed by atoms with Gasteiger partial charge in [-0.25, -0.2) is 4.79 Å². The highest BCUT2D eigenvalue weighted by Gasteiger charge is 2.23. The zero-order chi connectivity index (χ0) is 18.4. The first-order chi connectivity index (χ1) is 12.7. The summed E-state index contributed by atoms with van der Waals surface area (Å²) < 4.78 is 0. The predicted molar refractivity (Wildman–Crippen MR) is 108 cm³/mol.